The van der Waals surface area contributed by atoms with Crippen LogP contribution in [0.2, 0.25) is 0 Å². The first-order valence-electron chi connectivity index (χ1n) is 8.54. The zero-order chi connectivity index (χ0) is 19.3. The summed E-state index contributed by atoms with van der Waals surface area (Å²) in [6, 6.07) is 13.5. The van der Waals surface area contributed by atoms with Gasteiger partial charge < -0.3 is 14.2 Å². The maximum atomic E-state index is 12.1. The molecule has 1 fully saturated rings. The van der Waals surface area contributed by atoms with Crippen LogP contribution in [0.25, 0.3) is 0 Å². The lowest BCUT2D eigenvalue weighted by atomic mass is 10.2. The summed E-state index contributed by atoms with van der Waals surface area (Å²) in [5.41, 5.74) is 0.923. The highest BCUT2D eigenvalue weighted by Gasteiger charge is 2.28. The molecule has 2 aromatic rings. The number of ether oxygens (including phenoxy) is 3. The lowest BCUT2D eigenvalue weighted by Gasteiger charge is -2.16. The average molecular weight is 391 g/mol. The topological polar surface area (TPSA) is 82.1 Å². The largest absolute Gasteiger partial charge is 0.497 e. The highest BCUT2D eigenvalue weighted by atomic mass is 32.2. The molecule has 0 amide bonds. The first-order chi connectivity index (χ1) is 13.0. The normalized spacial score (nSPS) is 15.4. The number of methoxy groups -OCH3 is 1. The predicted molar refractivity (Wildman–Crippen MR) is 101 cm³/mol. The Balaban J connectivity index is 1.48. The molecule has 0 atom stereocenters. The summed E-state index contributed by atoms with van der Waals surface area (Å²) in [6.45, 7) is 0.796. The number of esters is 1. The molecule has 0 aromatic heterocycles. The van der Waals surface area contributed by atoms with Gasteiger partial charge in [0.25, 0.3) is 0 Å². The van der Waals surface area contributed by atoms with Gasteiger partial charge in [-0.1, -0.05) is 0 Å². The smallest absolute Gasteiger partial charge is 0.338 e. The van der Waals surface area contributed by atoms with E-state index in [2.05, 4.69) is 0 Å². The number of hydrogen-bond acceptors (Lipinski definition) is 6. The predicted octanol–water partition coefficient (Wildman–Crippen LogP) is 2.47. The standard InChI is InChI=1S/C19H21NO6S/c1-24-17-7-9-18(10-8-17)25-12-13-26-19(21)15-3-5-16(6-4-15)20-11-2-14-27(20,22)23/h3-10H,2,11-14H2,1H3. The first-order valence-corrected chi connectivity index (χ1v) is 10.1. The highest BCUT2D eigenvalue weighted by molar-refractivity contribution is 7.93. The molecule has 2 aromatic carbocycles. The fraction of sp³-hybridized carbons (Fsp3) is 0.316. The van der Waals surface area contributed by atoms with Crippen molar-refractivity contribution >= 4 is 21.7 Å². The summed E-state index contributed by atoms with van der Waals surface area (Å²) in [4.78, 5) is 12.1. The monoisotopic (exact) mass is 391 g/mol. The lowest BCUT2D eigenvalue weighted by molar-refractivity contribution is 0.0450. The van der Waals surface area contributed by atoms with Crippen molar-refractivity contribution in [2.24, 2.45) is 0 Å². The fourth-order valence-electron chi connectivity index (χ4n) is 2.74. The third kappa shape index (κ3) is 4.71. The Labute approximate surface area is 158 Å². The molecule has 1 heterocycles. The van der Waals surface area contributed by atoms with Crippen molar-refractivity contribution in [3.05, 3.63) is 54.1 Å². The van der Waals surface area contributed by atoms with E-state index in [1.807, 2.05) is 0 Å². The van der Waals surface area contributed by atoms with Gasteiger partial charge >= 0.3 is 5.97 Å². The Morgan fingerprint density at radius 3 is 2.26 bits per heavy atom. The molecule has 1 saturated heterocycles. The van der Waals surface area contributed by atoms with Crippen LogP contribution >= 0.6 is 0 Å². The van der Waals surface area contributed by atoms with Crippen molar-refractivity contribution in [3.8, 4) is 11.5 Å². The summed E-state index contributed by atoms with van der Waals surface area (Å²) in [7, 11) is -1.64. The zero-order valence-electron chi connectivity index (χ0n) is 15.0. The molecule has 0 saturated carbocycles. The second-order valence-corrected chi connectivity index (χ2v) is 7.96. The summed E-state index contributed by atoms with van der Waals surface area (Å²) < 4.78 is 41.0. The van der Waals surface area contributed by atoms with Gasteiger partial charge in [-0.3, -0.25) is 4.31 Å². The zero-order valence-corrected chi connectivity index (χ0v) is 15.8. The summed E-state index contributed by atoms with van der Waals surface area (Å²) in [5.74, 6) is 1.07. The van der Waals surface area contributed by atoms with Crippen LogP contribution in [0.1, 0.15) is 16.8 Å². The second kappa shape index (κ2) is 8.30. The molecule has 0 aliphatic carbocycles. The summed E-state index contributed by atoms with van der Waals surface area (Å²) in [5, 5.41) is 0. The minimum Gasteiger partial charge on any atom is -0.497 e. The van der Waals surface area contributed by atoms with Crippen molar-refractivity contribution in [3.63, 3.8) is 0 Å². The maximum absolute atomic E-state index is 12.1. The molecule has 1 aliphatic rings. The molecule has 0 unspecified atom stereocenters. The molecular formula is C19H21NO6S. The van der Waals surface area contributed by atoms with Gasteiger partial charge in [-0.2, -0.15) is 0 Å². The molecule has 0 spiro atoms. The molecular weight excluding hydrogens is 370 g/mol. The molecule has 7 nitrogen and oxygen atoms in total. The molecule has 0 bridgehead atoms. The van der Waals surface area contributed by atoms with Crippen LogP contribution in [0, 0.1) is 0 Å². The Kier molecular flexibility index (Phi) is 5.85. The molecule has 144 valence electrons. The van der Waals surface area contributed by atoms with E-state index in [0.717, 1.165) is 5.75 Å². The van der Waals surface area contributed by atoms with Gasteiger partial charge in [-0.15, -0.1) is 0 Å². The molecule has 0 radical (unpaired) electrons. The number of carbonyl (C=O) groups excluding carboxylic acids is 1. The van der Waals surface area contributed by atoms with Crippen LogP contribution < -0.4 is 13.8 Å². The number of benzene rings is 2. The van der Waals surface area contributed by atoms with E-state index in [9.17, 15) is 13.2 Å². The number of nitrogens with zero attached hydrogens (tertiary/aromatic N) is 1. The van der Waals surface area contributed by atoms with E-state index in [1.165, 1.54) is 4.31 Å². The molecule has 1 aliphatic heterocycles. The minimum absolute atomic E-state index is 0.104. The number of sulfonamides is 1. The quantitative estimate of drug-likeness (QED) is 0.533. The molecule has 0 N–H and O–H groups in total. The number of carbonyl (C=O) groups is 1. The third-order valence-electron chi connectivity index (χ3n) is 4.13. The van der Waals surface area contributed by atoms with Crippen LogP contribution in [0.5, 0.6) is 11.5 Å². The van der Waals surface area contributed by atoms with Crippen molar-refractivity contribution in [1.29, 1.82) is 0 Å². The van der Waals surface area contributed by atoms with Gasteiger partial charge in [-0.05, 0) is 55.0 Å². The van der Waals surface area contributed by atoms with Gasteiger partial charge in [0.15, 0.2) is 0 Å². The Morgan fingerprint density at radius 1 is 1.00 bits per heavy atom. The van der Waals surface area contributed by atoms with E-state index in [4.69, 9.17) is 14.2 Å². The van der Waals surface area contributed by atoms with Gasteiger partial charge in [0.2, 0.25) is 10.0 Å². The number of rotatable bonds is 7. The van der Waals surface area contributed by atoms with Crippen molar-refractivity contribution < 1.29 is 27.4 Å². The van der Waals surface area contributed by atoms with E-state index in [-0.39, 0.29) is 19.0 Å². The Hall–Kier alpha value is -2.74. The minimum atomic E-state index is -3.23. The maximum Gasteiger partial charge on any atom is 0.338 e. The second-order valence-electron chi connectivity index (χ2n) is 5.95. The molecule has 8 heteroatoms. The average Bonchev–Trinajstić information content (AvgIpc) is 3.04. The lowest BCUT2D eigenvalue weighted by Crippen LogP contribution is -2.25. The van der Waals surface area contributed by atoms with Crippen LogP contribution in [-0.4, -0.2) is 47.0 Å². The van der Waals surface area contributed by atoms with Gasteiger partial charge in [0, 0.05) is 6.54 Å². The van der Waals surface area contributed by atoms with Crippen LogP contribution in [-0.2, 0) is 14.8 Å². The van der Waals surface area contributed by atoms with Crippen molar-refractivity contribution in [1.82, 2.24) is 0 Å². The van der Waals surface area contributed by atoms with Crippen LogP contribution in [0.3, 0.4) is 0 Å². The summed E-state index contributed by atoms with van der Waals surface area (Å²) in [6.07, 6.45) is 0.611. The third-order valence-corrected chi connectivity index (χ3v) is 6.00. The van der Waals surface area contributed by atoms with E-state index < -0.39 is 16.0 Å². The van der Waals surface area contributed by atoms with Gasteiger partial charge in [-0.25, -0.2) is 13.2 Å². The first kappa shape index (κ1) is 19.0. The molecule has 27 heavy (non-hydrogen) atoms. The van der Waals surface area contributed by atoms with Gasteiger partial charge in [0.1, 0.15) is 24.7 Å². The number of hydrogen-bond donors (Lipinski definition) is 0. The van der Waals surface area contributed by atoms with E-state index >= 15 is 0 Å². The van der Waals surface area contributed by atoms with E-state index in [0.29, 0.717) is 30.0 Å². The van der Waals surface area contributed by atoms with E-state index in [1.54, 1.807) is 55.6 Å². The van der Waals surface area contributed by atoms with Crippen LogP contribution in [0.15, 0.2) is 48.5 Å². The molecule has 3 rings (SSSR count). The SMILES string of the molecule is COc1ccc(OCCOC(=O)c2ccc(N3CCCS3(=O)=O)cc2)cc1. The van der Waals surface area contributed by atoms with Crippen molar-refractivity contribution in [2.75, 3.05) is 36.9 Å². The fourth-order valence-corrected chi connectivity index (χ4v) is 4.31. The highest BCUT2D eigenvalue weighted by Crippen LogP contribution is 2.24. The van der Waals surface area contributed by atoms with Crippen molar-refractivity contribution in [2.45, 2.75) is 6.42 Å². The van der Waals surface area contributed by atoms with Crippen LogP contribution in [0.4, 0.5) is 5.69 Å². The summed E-state index contributed by atoms with van der Waals surface area (Å²) >= 11 is 0. The number of anilines is 1. The Bertz CT molecular complexity index is 877. The Morgan fingerprint density at radius 2 is 1.67 bits per heavy atom. The van der Waals surface area contributed by atoms with Gasteiger partial charge in [0.05, 0.1) is 24.1 Å².